The molecule has 21 heavy (non-hydrogen) atoms. The van der Waals surface area contributed by atoms with Gasteiger partial charge in [-0.3, -0.25) is 0 Å². The Hall–Kier alpha value is -0.730. The molecule has 0 saturated carbocycles. The summed E-state index contributed by atoms with van der Waals surface area (Å²) in [5.41, 5.74) is 2.50. The lowest BCUT2D eigenvalue weighted by Gasteiger charge is -2.32. The van der Waals surface area contributed by atoms with Crippen molar-refractivity contribution in [3.63, 3.8) is 0 Å². The molecule has 0 aliphatic heterocycles. The SMILES string of the molecule is CCCCCN(c1c(Cl)cccc1CNC(C)C)C(C)C. The van der Waals surface area contributed by atoms with Crippen molar-refractivity contribution in [2.24, 2.45) is 0 Å². The van der Waals surface area contributed by atoms with Gasteiger partial charge in [-0.1, -0.05) is 57.3 Å². The second kappa shape index (κ2) is 9.32. The van der Waals surface area contributed by atoms with Crippen LogP contribution in [-0.4, -0.2) is 18.6 Å². The Morgan fingerprint density at radius 1 is 1.14 bits per heavy atom. The maximum absolute atomic E-state index is 6.53. The average molecular weight is 311 g/mol. The fourth-order valence-corrected chi connectivity index (χ4v) is 2.80. The summed E-state index contributed by atoms with van der Waals surface area (Å²) >= 11 is 6.53. The lowest BCUT2D eigenvalue weighted by molar-refractivity contribution is 0.582. The quantitative estimate of drug-likeness (QED) is 0.627. The zero-order chi connectivity index (χ0) is 15.8. The summed E-state index contributed by atoms with van der Waals surface area (Å²) in [6.07, 6.45) is 3.74. The van der Waals surface area contributed by atoms with Gasteiger partial charge in [-0.25, -0.2) is 0 Å². The zero-order valence-electron chi connectivity index (χ0n) is 14.2. The Labute approximate surface area is 135 Å². The van der Waals surface area contributed by atoms with Crippen molar-refractivity contribution < 1.29 is 0 Å². The number of hydrogen-bond donors (Lipinski definition) is 1. The second-order valence-electron chi connectivity index (χ2n) is 6.28. The molecule has 0 heterocycles. The highest BCUT2D eigenvalue weighted by Gasteiger charge is 2.17. The Bertz CT molecular complexity index is 416. The molecule has 3 heteroatoms. The lowest BCUT2D eigenvalue weighted by Crippen LogP contribution is -2.33. The highest BCUT2D eigenvalue weighted by molar-refractivity contribution is 6.33. The highest BCUT2D eigenvalue weighted by atomic mass is 35.5. The molecule has 0 aliphatic rings. The van der Waals surface area contributed by atoms with Crippen molar-refractivity contribution in [1.29, 1.82) is 0 Å². The van der Waals surface area contributed by atoms with Crippen LogP contribution < -0.4 is 10.2 Å². The van der Waals surface area contributed by atoms with Gasteiger partial charge in [0, 0.05) is 25.2 Å². The van der Waals surface area contributed by atoms with E-state index in [1.807, 2.05) is 12.1 Å². The summed E-state index contributed by atoms with van der Waals surface area (Å²) in [4.78, 5) is 2.45. The van der Waals surface area contributed by atoms with Gasteiger partial charge >= 0.3 is 0 Å². The normalized spacial score (nSPS) is 11.4. The van der Waals surface area contributed by atoms with Crippen LogP contribution in [0.15, 0.2) is 18.2 Å². The topological polar surface area (TPSA) is 15.3 Å². The van der Waals surface area contributed by atoms with Gasteiger partial charge in [0.2, 0.25) is 0 Å². The Kier molecular flexibility index (Phi) is 8.13. The predicted octanol–water partition coefficient (Wildman–Crippen LogP) is 5.24. The van der Waals surface area contributed by atoms with E-state index >= 15 is 0 Å². The van der Waals surface area contributed by atoms with Crippen LogP contribution in [0.1, 0.15) is 59.4 Å². The van der Waals surface area contributed by atoms with E-state index in [4.69, 9.17) is 11.6 Å². The minimum absolute atomic E-state index is 0.458. The number of para-hydroxylation sites is 1. The van der Waals surface area contributed by atoms with E-state index in [9.17, 15) is 0 Å². The van der Waals surface area contributed by atoms with Crippen LogP contribution in [-0.2, 0) is 6.54 Å². The Balaban J connectivity index is 2.98. The zero-order valence-corrected chi connectivity index (χ0v) is 15.0. The van der Waals surface area contributed by atoms with Gasteiger partial charge in [0.1, 0.15) is 0 Å². The van der Waals surface area contributed by atoms with Crippen LogP contribution in [0, 0.1) is 0 Å². The van der Waals surface area contributed by atoms with Gasteiger partial charge in [-0.15, -0.1) is 0 Å². The van der Waals surface area contributed by atoms with E-state index in [1.165, 1.54) is 30.5 Å². The summed E-state index contributed by atoms with van der Waals surface area (Å²) in [6.45, 7) is 13.0. The second-order valence-corrected chi connectivity index (χ2v) is 6.68. The van der Waals surface area contributed by atoms with Crippen LogP contribution in [0.2, 0.25) is 5.02 Å². The molecule has 1 N–H and O–H groups in total. The molecule has 0 radical (unpaired) electrons. The molecule has 120 valence electrons. The molecule has 0 aliphatic carbocycles. The van der Waals surface area contributed by atoms with Crippen LogP contribution >= 0.6 is 11.6 Å². The van der Waals surface area contributed by atoms with Gasteiger partial charge in [0.15, 0.2) is 0 Å². The maximum Gasteiger partial charge on any atom is 0.0643 e. The minimum Gasteiger partial charge on any atom is -0.368 e. The fourth-order valence-electron chi connectivity index (χ4n) is 2.50. The summed E-state index contributed by atoms with van der Waals surface area (Å²) in [5, 5.41) is 4.37. The Morgan fingerprint density at radius 2 is 1.86 bits per heavy atom. The first-order chi connectivity index (χ1) is 9.97. The van der Waals surface area contributed by atoms with Crippen molar-refractivity contribution in [2.45, 2.75) is 72.5 Å². The summed E-state index contributed by atoms with van der Waals surface area (Å²) in [5.74, 6) is 0. The van der Waals surface area contributed by atoms with Crippen molar-refractivity contribution in [3.8, 4) is 0 Å². The average Bonchev–Trinajstić information content (AvgIpc) is 2.42. The van der Waals surface area contributed by atoms with Gasteiger partial charge in [0.25, 0.3) is 0 Å². The van der Waals surface area contributed by atoms with Crippen LogP contribution in [0.25, 0.3) is 0 Å². The number of nitrogens with zero attached hydrogens (tertiary/aromatic N) is 1. The van der Waals surface area contributed by atoms with E-state index in [2.05, 4.69) is 50.9 Å². The van der Waals surface area contributed by atoms with E-state index < -0.39 is 0 Å². The summed E-state index contributed by atoms with van der Waals surface area (Å²) in [7, 11) is 0. The number of anilines is 1. The number of nitrogens with one attached hydrogen (secondary N) is 1. The molecule has 0 spiro atoms. The fraction of sp³-hybridized carbons (Fsp3) is 0.667. The third-order valence-electron chi connectivity index (χ3n) is 3.68. The highest BCUT2D eigenvalue weighted by Crippen LogP contribution is 2.32. The molecule has 0 atom stereocenters. The van der Waals surface area contributed by atoms with Gasteiger partial charge in [0.05, 0.1) is 10.7 Å². The molecule has 1 aromatic carbocycles. The number of rotatable bonds is 9. The Morgan fingerprint density at radius 3 is 2.43 bits per heavy atom. The van der Waals surface area contributed by atoms with E-state index in [-0.39, 0.29) is 0 Å². The molecule has 1 aromatic rings. The molecule has 1 rings (SSSR count). The maximum atomic E-state index is 6.53. The van der Waals surface area contributed by atoms with Gasteiger partial charge < -0.3 is 10.2 Å². The molecular weight excluding hydrogens is 280 g/mol. The van der Waals surface area contributed by atoms with Crippen LogP contribution in [0.3, 0.4) is 0 Å². The number of hydrogen-bond acceptors (Lipinski definition) is 2. The van der Waals surface area contributed by atoms with E-state index in [0.29, 0.717) is 12.1 Å². The van der Waals surface area contributed by atoms with Crippen molar-refractivity contribution >= 4 is 17.3 Å². The monoisotopic (exact) mass is 310 g/mol. The lowest BCUT2D eigenvalue weighted by atomic mass is 10.1. The van der Waals surface area contributed by atoms with Gasteiger partial charge in [-0.2, -0.15) is 0 Å². The molecule has 0 saturated heterocycles. The minimum atomic E-state index is 0.458. The molecule has 0 unspecified atom stereocenters. The van der Waals surface area contributed by atoms with E-state index in [0.717, 1.165) is 18.1 Å². The summed E-state index contributed by atoms with van der Waals surface area (Å²) in [6, 6.07) is 7.17. The van der Waals surface area contributed by atoms with Crippen molar-refractivity contribution in [1.82, 2.24) is 5.32 Å². The molecule has 0 fully saturated rings. The van der Waals surface area contributed by atoms with Crippen LogP contribution in [0.4, 0.5) is 5.69 Å². The number of benzene rings is 1. The van der Waals surface area contributed by atoms with Crippen molar-refractivity contribution in [3.05, 3.63) is 28.8 Å². The molecule has 0 bridgehead atoms. The first-order valence-corrected chi connectivity index (χ1v) is 8.62. The smallest absolute Gasteiger partial charge is 0.0643 e. The molecule has 0 aromatic heterocycles. The largest absolute Gasteiger partial charge is 0.368 e. The summed E-state index contributed by atoms with van der Waals surface area (Å²) < 4.78 is 0. The predicted molar refractivity (Wildman–Crippen MR) is 95.4 cm³/mol. The first-order valence-electron chi connectivity index (χ1n) is 8.24. The van der Waals surface area contributed by atoms with Crippen LogP contribution in [0.5, 0.6) is 0 Å². The third-order valence-corrected chi connectivity index (χ3v) is 3.99. The van der Waals surface area contributed by atoms with Crippen molar-refractivity contribution in [2.75, 3.05) is 11.4 Å². The van der Waals surface area contributed by atoms with E-state index in [1.54, 1.807) is 0 Å². The number of halogens is 1. The molecular formula is C18H31ClN2. The first kappa shape index (κ1) is 18.3. The molecule has 2 nitrogen and oxygen atoms in total. The standard InChI is InChI=1S/C18H31ClN2/c1-6-7-8-12-21(15(4)5)18-16(13-20-14(2)3)10-9-11-17(18)19/h9-11,14-15,20H,6-8,12-13H2,1-5H3. The third kappa shape index (κ3) is 5.88. The number of unbranched alkanes of at least 4 members (excludes halogenated alkanes) is 2. The molecule has 0 amide bonds. The van der Waals surface area contributed by atoms with Gasteiger partial charge in [-0.05, 0) is 31.9 Å².